The summed E-state index contributed by atoms with van der Waals surface area (Å²) in [6, 6.07) is 5.28. The van der Waals surface area contributed by atoms with E-state index in [4.69, 9.17) is 5.73 Å². The molecule has 0 spiro atoms. The van der Waals surface area contributed by atoms with Crippen molar-refractivity contribution in [1.29, 1.82) is 0 Å². The molecule has 0 aromatic heterocycles. The highest BCUT2D eigenvalue weighted by molar-refractivity contribution is 7.90. The number of amides is 1. The molecular weight excluding hydrogens is 252 g/mol. The van der Waals surface area contributed by atoms with Crippen molar-refractivity contribution >= 4 is 27.1 Å². The van der Waals surface area contributed by atoms with Gasteiger partial charge in [-0.25, -0.2) is 8.42 Å². The Morgan fingerprint density at radius 1 is 1.39 bits per heavy atom. The third-order valence-corrected chi connectivity index (χ3v) is 3.60. The molecule has 5 nitrogen and oxygen atoms in total. The zero-order valence-electron chi connectivity index (χ0n) is 10.6. The number of rotatable bonds is 5. The molecule has 3 N–H and O–H groups in total. The van der Waals surface area contributed by atoms with Crippen LogP contribution < -0.4 is 11.1 Å². The van der Waals surface area contributed by atoms with Crippen molar-refractivity contribution < 1.29 is 13.2 Å². The Kier molecular flexibility index (Phi) is 4.72. The molecule has 100 valence electrons. The van der Waals surface area contributed by atoms with Crippen molar-refractivity contribution in [2.45, 2.75) is 19.8 Å². The summed E-state index contributed by atoms with van der Waals surface area (Å²) < 4.78 is 21.8. The van der Waals surface area contributed by atoms with Crippen molar-refractivity contribution in [2.24, 2.45) is 0 Å². The van der Waals surface area contributed by atoms with Crippen LogP contribution in [0.1, 0.15) is 18.4 Å². The topological polar surface area (TPSA) is 89.3 Å². The van der Waals surface area contributed by atoms with Crippen LogP contribution in [0.25, 0.3) is 0 Å². The fourth-order valence-corrected chi connectivity index (χ4v) is 2.17. The molecule has 1 rings (SSSR count). The summed E-state index contributed by atoms with van der Waals surface area (Å²) >= 11 is 0. The maximum atomic E-state index is 11.6. The van der Waals surface area contributed by atoms with Crippen LogP contribution in [0.2, 0.25) is 0 Å². The number of anilines is 2. The number of sulfone groups is 1. The van der Waals surface area contributed by atoms with E-state index in [1.54, 1.807) is 18.2 Å². The number of nitrogens with one attached hydrogen (secondary N) is 1. The predicted molar refractivity (Wildman–Crippen MR) is 73.2 cm³/mol. The van der Waals surface area contributed by atoms with E-state index in [0.717, 1.165) is 11.8 Å². The zero-order valence-corrected chi connectivity index (χ0v) is 11.4. The summed E-state index contributed by atoms with van der Waals surface area (Å²) in [5.74, 6) is -0.177. The van der Waals surface area contributed by atoms with Gasteiger partial charge in [-0.1, -0.05) is 6.07 Å². The van der Waals surface area contributed by atoms with Crippen molar-refractivity contribution in [3.8, 4) is 0 Å². The standard InChI is InChI=1S/C12H18N2O3S/c1-9-10(13)5-3-6-11(9)14-12(15)7-4-8-18(2,16)17/h3,5-6H,4,7-8,13H2,1-2H3,(H,14,15). The highest BCUT2D eigenvalue weighted by Gasteiger charge is 2.08. The summed E-state index contributed by atoms with van der Waals surface area (Å²) in [5.41, 5.74) is 7.82. The van der Waals surface area contributed by atoms with E-state index in [0.29, 0.717) is 17.8 Å². The van der Waals surface area contributed by atoms with Gasteiger partial charge in [0.05, 0.1) is 5.75 Å². The molecule has 18 heavy (non-hydrogen) atoms. The quantitative estimate of drug-likeness (QED) is 0.790. The Bertz CT molecular complexity index is 538. The Labute approximate surface area is 107 Å². The van der Waals surface area contributed by atoms with Gasteiger partial charge in [-0.2, -0.15) is 0 Å². The molecule has 1 aromatic carbocycles. The van der Waals surface area contributed by atoms with E-state index < -0.39 is 9.84 Å². The minimum Gasteiger partial charge on any atom is -0.398 e. The molecule has 0 unspecified atom stereocenters. The summed E-state index contributed by atoms with van der Waals surface area (Å²) in [7, 11) is -3.01. The van der Waals surface area contributed by atoms with Gasteiger partial charge in [0.25, 0.3) is 0 Å². The SMILES string of the molecule is Cc1c(N)cccc1NC(=O)CCCS(C)(=O)=O. The number of nitrogens with two attached hydrogens (primary N) is 1. The molecule has 1 aromatic rings. The highest BCUT2D eigenvalue weighted by atomic mass is 32.2. The molecule has 0 saturated carbocycles. The summed E-state index contributed by atoms with van der Waals surface area (Å²) in [5, 5.41) is 2.72. The van der Waals surface area contributed by atoms with E-state index in [1.165, 1.54) is 0 Å². The second-order valence-electron chi connectivity index (χ2n) is 4.30. The number of hydrogen-bond acceptors (Lipinski definition) is 4. The Balaban J connectivity index is 2.53. The predicted octanol–water partition coefficient (Wildman–Crippen LogP) is 1.34. The van der Waals surface area contributed by atoms with Crippen LogP contribution in [0.15, 0.2) is 18.2 Å². The first kappa shape index (κ1) is 14.5. The van der Waals surface area contributed by atoms with Crippen LogP contribution in [-0.2, 0) is 14.6 Å². The lowest BCUT2D eigenvalue weighted by Gasteiger charge is -2.09. The fraction of sp³-hybridized carbons (Fsp3) is 0.417. The van der Waals surface area contributed by atoms with Crippen LogP contribution in [0.3, 0.4) is 0 Å². The lowest BCUT2D eigenvalue weighted by molar-refractivity contribution is -0.116. The van der Waals surface area contributed by atoms with Gasteiger partial charge < -0.3 is 11.1 Å². The van der Waals surface area contributed by atoms with Gasteiger partial charge >= 0.3 is 0 Å². The maximum Gasteiger partial charge on any atom is 0.224 e. The third-order valence-electron chi connectivity index (χ3n) is 2.57. The van der Waals surface area contributed by atoms with Crippen LogP contribution in [0.4, 0.5) is 11.4 Å². The van der Waals surface area contributed by atoms with Crippen molar-refractivity contribution in [3.63, 3.8) is 0 Å². The number of carbonyl (C=O) groups excluding carboxylic acids is 1. The monoisotopic (exact) mass is 270 g/mol. The molecule has 0 atom stereocenters. The smallest absolute Gasteiger partial charge is 0.224 e. The van der Waals surface area contributed by atoms with Gasteiger partial charge in [0.1, 0.15) is 9.84 Å². The third kappa shape index (κ3) is 4.75. The van der Waals surface area contributed by atoms with Gasteiger partial charge in [-0.3, -0.25) is 4.79 Å². The second-order valence-corrected chi connectivity index (χ2v) is 6.56. The van der Waals surface area contributed by atoms with E-state index in [-0.39, 0.29) is 18.1 Å². The first-order valence-electron chi connectivity index (χ1n) is 5.62. The lowest BCUT2D eigenvalue weighted by Crippen LogP contribution is -2.14. The molecular formula is C12H18N2O3S. The molecule has 0 radical (unpaired) electrons. The molecule has 0 saturated heterocycles. The van der Waals surface area contributed by atoms with Crippen LogP contribution in [-0.4, -0.2) is 26.3 Å². The molecule has 0 aliphatic carbocycles. The van der Waals surface area contributed by atoms with E-state index in [1.807, 2.05) is 6.92 Å². The fourth-order valence-electron chi connectivity index (χ4n) is 1.50. The average molecular weight is 270 g/mol. The first-order chi connectivity index (χ1) is 8.29. The van der Waals surface area contributed by atoms with Crippen LogP contribution >= 0.6 is 0 Å². The molecule has 0 heterocycles. The largest absolute Gasteiger partial charge is 0.398 e. The minimum absolute atomic E-state index is 0.0241. The minimum atomic E-state index is -3.01. The second kappa shape index (κ2) is 5.86. The normalized spacial score (nSPS) is 11.2. The first-order valence-corrected chi connectivity index (χ1v) is 7.68. The molecule has 1 amide bonds. The Morgan fingerprint density at radius 2 is 2.06 bits per heavy atom. The molecule has 0 aliphatic rings. The number of hydrogen-bond donors (Lipinski definition) is 2. The van der Waals surface area contributed by atoms with Crippen molar-refractivity contribution in [2.75, 3.05) is 23.1 Å². The average Bonchev–Trinajstić information content (AvgIpc) is 2.23. The van der Waals surface area contributed by atoms with Gasteiger partial charge in [0.15, 0.2) is 0 Å². The summed E-state index contributed by atoms with van der Waals surface area (Å²) in [4.78, 5) is 11.6. The number of nitrogen functional groups attached to an aromatic ring is 1. The molecule has 0 aliphatic heterocycles. The summed E-state index contributed by atoms with van der Waals surface area (Å²) in [6.07, 6.45) is 1.67. The molecule has 0 bridgehead atoms. The van der Waals surface area contributed by atoms with E-state index in [2.05, 4.69) is 5.32 Å². The van der Waals surface area contributed by atoms with Crippen molar-refractivity contribution in [3.05, 3.63) is 23.8 Å². The van der Waals surface area contributed by atoms with Crippen LogP contribution in [0.5, 0.6) is 0 Å². The van der Waals surface area contributed by atoms with E-state index in [9.17, 15) is 13.2 Å². The van der Waals surface area contributed by atoms with E-state index >= 15 is 0 Å². The van der Waals surface area contributed by atoms with Crippen molar-refractivity contribution in [1.82, 2.24) is 0 Å². The molecule has 6 heteroatoms. The lowest BCUT2D eigenvalue weighted by atomic mass is 10.1. The van der Waals surface area contributed by atoms with Gasteiger partial charge in [0.2, 0.25) is 5.91 Å². The van der Waals surface area contributed by atoms with Gasteiger partial charge in [-0.15, -0.1) is 0 Å². The Hall–Kier alpha value is -1.56. The van der Waals surface area contributed by atoms with Gasteiger partial charge in [-0.05, 0) is 31.0 Å². The summed E-state index contributed by atoms with van der Waals surface area (Å²) in [6.45, 7) is 1.82. The Morgan fingerprint density at radius 3 is 2.67 bits per heavy atom. The maximum absolute atomic E-state index is 11.6. The van der Waals surface area contributed by atoms with Gasteiger partial charge in [0, 0.05) is 24.1 Å². The number of carbonyl (C=O) groups is 1. The highest BCUT2D eigenvalue weighted by Crippen LogP contribution is 2.20. The number of benzene rings is 1. The van der Waals surface area contributed by atoms with Crippen LogP contribution in [0, 0.1) is 6.92 Å². The molecule has 0 fully saturated rings. The zero-order chi connectivity index (χ0) is 13.8.